The van der Waals surface area contributed by atoms with Gasteiger partial charge < -0.3 is 9.47 Å². The molecular formula is C12H16O2. The molecule has 1 saturated heterocycles. The SMILES string of the molecule is Cc1cccc(OC[C@@H]2CCCO2)c1. The molecule has 76 valence electrons. The Hall–Kier alpha value is -1.02. The van der Waals surface area contributed by atoms with Crippen molar-refractivity contribution in [2.75, 3.05) is 13.2 Å². The quantitative estimate of drug-likeness (QED) is 0.732. The molecule has 1 aliphatic rings. The second-order valence-electron chi connectivity index (χ2n) is 3.76. The molecule has 0 N–H and O–H groups in total. The summed E-state index contributed by atoms with van der Waals surface area (Å²) in [5.41, 5.74) is 1.23. The lowest BCUT2D eigenvalue weighted by atomic mass is 10.2. The second-order valence-corrected chi connectivity index (χ2v) is 3.76. The zero-order valence-electron chi connectivity index (χ0n) is 8.53. The smallest absolute Gasteiger partial charge is 0.119 e. The van der Waals surface area contributed by atoms with Crippen molar-refractivity contribution in [1.82, 2.24) is 0 Å². The Balaban J connectivity index is 1.85. The summed E-state index contributed by atoms with van der Waals surface area (Å²) in [5, 5.41) is 0. The number of aryl methyl sites for hydroxylation is 1. The molecule has 0 radical (unpaired) electrons. The van der Waals surface area contributed by atoms with Crippen molar-refractivity contribution in [3.05, 3.63) is 29.8 Å². The minimum atomic E-state index is 0.301. The maximum absolute atomic E-state index is 5.65. The van der Waals surface area contributed by atoms with Gasteiger partial charge in [0.05, 0.1) is 6.10 Å². The standard InChI is InChI=1S/C12H16O2/c1-10-4-2-5-11(8-10)14-9-12-6-3-7-13-12/h2,4-5,8,12H,3,6-7,9H2,1H3/t12-/m0/s1. The first-order valence-corrected chi connectivity index (χ1v) is 5.16. The van der Waals surface area contributed by atoms with Crippen LogP contribution in [0.25, 0.3) is 0 Å². The highest BCUT2D eigenvalue weighted by atomic mass is 16.5. The van der Waals surface area contributed by atoms with Gasteiger partial charge in [-0.2, -0.15) is 0 Å². The molecule has 2 heteroatoms. The Morgan fingerprint density at radius 2 is 2.43 bits per heavy atom. The largest absolute Gasteiger partial charge is 0.491 e. The molecule has 0 amide bonds. The lowest BCUT2D eigenvalue weighted by Gasteiger charge is -2.11. The predicted octanol–water partition coefficient (Wildman–Crippen LogP) is 2.55. The minimum absolute atomic E-state index is 0.301. The van der Waals surface area contributed by atoms with Crippen LogP contribution in [0.2, 0.25) is 0 Å². The van der Waals surface area contributed by atoms with Crippen LogP contribution in [-0.2, 0) is 4.74 Å². The summed E-state index contributed by atoms with van der Waals surface area (Å²) in [6.07, 6.45) is 2.60. The van der Waals surface area contributed by atoms with Gasteiger partial charge >= 0.3 is 0 Å². The van der Waals surface area contributed by atoms with Crippen molar-refractivity contribution >= 4 is 0 Å². The van der Waals surface area contributed by atoms with Crippen molar-refractivity contribution in [3.8, 4) is 5.75 Å². The maximum Gasteiger partial charge on any atom is 0.119 e. The van der Waals surface area contributed by atoms with Crippen LogP contribution in [-0.4, -0.2) is 19.3 Å². The van der Waals surface area contributed by atoms with Gasteiger partial charge in [-0.15, -0.1) is 0 Å². The third-order valence-corrected chi connectivity index (χ3v) is 2.45. The van der Waals surface area contributed by atoms with Gasteiger partial charge in [0.25, 0.3) is 0 Å². The van der Waals surface area contributed by atoms with Crippen LogP contribution < -0.4 is 4.74 Å². The highest BCUT2D eigenvalue weighted by Gasteiger charge is 2.15. The zero-order chi connectivity index (χ0) is 9.80. The summed E-state index contributed by atoms with van der Waals surface area (Å²) in [4.78, 5) is 0. The number of ether oxygens (including phenoxy) is 2. The van der Waals surface area contributed by atoms with Gasteiger partial charge in [-0.05, 0) is 37.5 Å². The van der Waals surface area contributed by atoms with Gasteiger partial charge in [0.1, 0.15) is 12.4 Å². The molecule has 2 nitrogen and oxygen atoms in total. The molecule has 1 aromatic rings. The molecule has 0 unspecified atom stereocenters. The van der Waals surface area contributed by atoms with Gasteiger partial charge in [0.15, 0.2) is 0 Å². The Morgan fingerprint density at radius 1 is 1.50 bits per heavy atom. The van der Waals surface area contributed by atoms with Crippen LogP contribution >= 0.6 is 0 Å². The monoisotopic (exact) mass is 192 g/mol. The maximum atomic E-state index is 5.65. The van der Waals surface area contributed by atoms with Crippen molar-refractivity contribution in [2.45, 2.75) is 25.9 Å². The average Bonchev–Trinajstić information content (AvgIpc) is 2.67. The third-order valence-electron chi connectivity index (χ3n) is 2.45. The van der Waals surface area contributed by atoms with E-state index in [4.69, 9.17) is 9.47 Å². The van der Waals surface area contributed by atoms with Crippen LogP contribution in [0.1, 0.15) is 18.4 Å². The molecule has 1 aromatic carbocycles. The Labute approximate surface area is 84.8 Å². The molecule has 14 heavy (non-hydrogen) atoms. The van der Waals surface area contributed by atoms with E-state index in [0.717, 1.165) is 18.8 Å². The molecule has 0 aliphatic carbocycles. The molecule has 0 spiro atoms. The summed E-state index contributed by atoms with van der Waals surface area (Å²) >= 11 is 0. The number of hydrogen-bond donors (Lipinski definition) is 0. The van der Waals surface area contributed by atoms with Crippen molar-refractivity contribution < 1.29 is 9.47 Å². The lowest BCUT2D eigenvalue weighted by Crippen LogP contribution is -2.16. The number of rotatable bonds is 3. The van der Waals surface area contributed by atoms with Crippen LogP contribution in [0, 0.1) is 6.92 Å². The first kappa shape index (κ1) is 9.53. The number of hydrogen-bond acceptors (Lipinski definition) is 2. The summed E-state index contributed by atoms with van der Waals surface area (Å²) in [5.74, 6) is 0.945. The highest BCUT2D eigenvalue weighted by molar-refractivity contribution is 5.27. The van der Waals surface area contributed by atoms with E-state index in [1.54, 1.807) is 0 Å². The Bertz CT molecular complexity index is 290. The van der Waals surface area contributed by atoms with E-state index in [2.05, 4.69) is 19.1 Å². The fourth-order valence-electron chi connectivity index (χ4n) is 1.67. The molecule has 1 atom stereocenters. The van der Waals surface area contributed by atoms with Crippen LogP contribution in [0.4, 0.5) is 0 Å². The van der Waals surface area contributed by atoms with E-state index in [0.29, 0.717) is 12.7 Å². The highest BCUT2D eigenvalue weighted by Crippen LogP contribution is 2.16. The Kier molecular flexibility index (Phi) is 3.04. The normalized spacial score (nSPS) is 21.1. The third kappa shape index (κ3) is 2.48. The average molecular weight is 192 g/mol. The van der Waals surface area contributed by atoms with E-state index < -0.39 is 0 Å². The van der Waals surface area contributed by atoms with Crippen LogP contribution in [0.3, 0.4) is 0 Å². The fourth-order valence-corrected chi connectivity index (χ4v) is 1.67. The summed E-state index contributed by atoms with van der Waals surface area (Å²) in [6.45, 7) is 3.64. The zero-order valence-corrected chi connectivity index (χ0v) is 8.53. The van der Waals surface area contributed by atoms with E-state index in [-0.39, 0.29) is 0 Å². The molecule has 2 rings (SSSR count). The van der Waals surface area contributed by atoms with Gasteiger partial charge in [0, 0.05) is 6.61 Å². The van der Waals surface area contributed by atoms with Crippen molar-refractivity contribution in [2.24, 2.45) is 0 Å². The molecule has 1 aliphatic heterocycles. The summed E-state index contributed by atoms with van der Waals surface area (Å²) in [6, 6.07) is 8.12. The molecule has 0 aromatic heterocycles. The first-order valence-electron chi connectivity index (χ1n) is 5.16. The first-order chi connectivity index (χ1) is 6.84. The summed E-state index contributed by atoms with van der Waals surface area (Å²) in [7, 11) is 0. The molecule has 0 saturated carbocycles. The van der Waals surface area contributed by atoms with Crippen molar-refractivity contribution in [3.63, 3.8) is 0 Å². The van der Waals surface area contributed by atoms with E-state index in [1.807, 2.05) is 12.1 Å². The Morgan fingerprint density at radius 3 is 3.14 bits per heavy atom. The van der Waals surface area contributed by atoms with E-state index in [1.165, 1.54) is 12.0 Å². The summed E-state index contributed by atoms with van der Waals surface area (Å²) < 4.78 is 11.1. The van der Waals surface area contributed by atoms with E-state index >= 15 is 0 Å². The topological polar surface area (TPSA) is 18.5 Å². The van der Waals surface area contributed by atoms with Gasteiger partial charge in [0.2, 0.25) is 0 Å². The van der Waals surface area contributed by atoms with Gasteiger partial charge in [-0.3, -0.25) is 0 Å². The van der Waals surface area contributed by atoms with E-state index in [9.17, 15) is 0 Å². The predicted molar refractivity (Wildman–Crippen MR) is 55.6 cm³/mol. The van der Waals surface area contributed by atoms with Crippen LogP contribution in [0.5, 0.6) is 5.75 Å². The second kappa shape index (κ2) is 4.47. The molecule has 1 fully saturated rings. The van der Waals surface area contributed by atoms with Gasteiger partial charge in [-0.1, -0.05) is 12.1 Å². The lowest BCUT2D eigenvalue weighted by molar-refractivity contribution is 0.0679. The van der Waals surface area contributed by atoms with Gasteiger partial charge in [-0.25, -0.2) is 0 Å². The fraction of sp³-hybridized carbons (Fsp3) is 0.500. The van der Waals surface area contributed by atoms with Crippen LogP contribution in [0.15, 0.2) is 24.3 Å². The van der Waals surface area contributed by atoms with Crippen molar-refractivity contribution in [1.29, 1.82) is 0 Å². The molecule has 1 heterocycles. The molecule has 0 bridgehead atoms. The number of benzene rings is 1. The minimum Gasteiger partial charge on any atom is -0.491 e. The molecular weight excluding hydrogens is 176 g/mol.